The van der Waals surface area contributed by atoms with Crippen molar-refractivity contribution in [2.24, 2.45) is 5.92 Å². The zero-order valence-electron chi connectivity index (χ0n) is 10.1. The van der Waals surface area contributed by atoms with Gasteiger partial charge in [0.05, 0.1) is 22.9 Å². The Morgan fingerprint density at radius 3 is 3.11 bits per heavy atom. The molecule has 1 unspecified atom stereocenters. The van der Waals surface area contributed by atoms with Gasteiger partial charge in [0.15, 0.2) is 0 Å². The highest BCUT2D eigenvalue weighted by atomic mass is 35.5. The molecule has 1 aromatic carbocycles. The Morgan fingerprint density at radius 2 is 2.39 bits per heavy atom. The van der Waals surface area contributed by atoms with Crippen molar-refractivity contribution in [2.75, 3.05) is 25.5 Å². The maximum atomic E-state index is 12.0. The maximum Gasteiger partial charge on any atom is 0.253 e. The first-order chi connectivity index (χ1) is 8.68. The molecule has 3 N–H and O–H groups in total. The normalized spacial score (nSPS) is 19.5. The largest absolute Gasteiger partial charge is 0.397 e. The molecule has 1 heterocycles. The average Bonchev–Trinajstić information content (AvgIpc) is 2.40. The number of nitrogen functional groups attached to an aromatic ring is 1. The number of halogens is 1. The number of nitrogens with one attached hydrogen (secondary N) is 1. The van der Waals surface area contributed by atoms with Crippen LogP contribution < -0.4 is 11.1 Å². The first-order valence-corrected chi connectivity index (χ1v) is 6.46. The summed E-state index contributed by atoms with van der Waals surface area (Å²) in [5.74, 6) is 0.212. The van der Waals surface area contributed by atoms with Crippen LogP contribution in [0.5, 0.6) is 0 Å². The van der Waals surface area contributed by atoms with Crippen LogP contribution >= 0.6 is 11.6 Å². The van der Waals surface area contributed by atoms with E-state index in [0.717, 1.165) is 19.4 Å². The lowest BCUT2D eigenvalue weighted by Crippen LogP contribution is -2.33. The highest BCUT2D eigenvalue weighted by Crippen LogP contribution is 2.22. The molecule has 1 aliphatic rings. The maximum absolute atomic E-state index is 12.0. The van der Waals surface area contributed by atoms with Gasteiger partial charge in [-0.05, 0) is 30.9 Å². The van der Waals surface area contributed by atoms with Gasteiger partial charge in [-0.1, -0.05) is 17.7 Å². The number of hydrogen-bond donors (Lipinski definition) is 2. The van der Waals surface area contributed by atoms with Crippen LogP contribution in [0.25, 0.3) is 0 Å². The minimum absolute atomic E-state index is 0.180. The van der Waals surface area contributed by atoms with Crippen molar-refractivity contribution in [3.8, 4) is 0 Å². The molecule has 2 rings (SSSR count). The van der Waals surface area contributed by atoms with Crippen molar-refractivity contribution >= 4 is 23.2 Å². The van der Waals surface area contributed by atoms with Crippen molar-refractivity contribution in [1.29, 1.82) is 0 Å². The number of para-hydroxylation sites is 1. The van der Waals surface area contributed by atoms with Crippen LogP contribution in [0, 0.1) is 5.92 Å². The van der Waals surface area contributed by atoms with Gasteiger partial charge in [-0.15, -0.1) is 0 Å². The predicted molar refractivity (Wildman–Crippen MR) is 71.7 cm³/mol. The molecule has 1 amide bonds. The van der Waals surface area contributed by atoms with Crippen molar-refractivity contribution in [3.63, 3.8) is 0 Å². The zero-order valence-corrected chi connectivity index (χ0v) is 10.9. The van der Waals surface area contributed by atoms with Crippen LogP contribution in [0.1, 0.15) is 23.2 Å². The molecule has 1 atom stereocenters. The number of amides is 1. The molecule has 1 fully saturated rings. The fraction of sp³-hybridized carbons (Fsp3) is 0.462. The molecule has 5 heteroatoms. The summed E-state index contributed by atoms with van der Waals surface area (Å²) in [6, 6.07) is 5.06. The van der Waals surface area contributed by atoms with Crippen LogP contribution in [-0.2, 0) is 4.74 Å². The van der Waals surface area contributed by atoms with Crippen molar-refractivity contribution < 1.29 is 9.53 Å². The third-order valence-corrected chi connectivity index (χ3v) is 3.43. The molecule has 4 nitrogen and oxygen atoms in total. The number of nitrogens with two attached hydrogens (primary N) is 1. The standard InChI is InChI=1S/C13H17ClN2O2/c14-11-5-1-4-10(12(11)15)13(17)16-7-9-3-2-6-18-8-9/h1,4-5,9H,2-3,6-8,15H2,(H,16,17). The molecule has 1 aromatic rings. The molecule has 1 aliphatic heterocycles. The summed E-state index contributed by atoms with van der Waals surface area (Å²) in [6.07, 6.45) is 2.14. The molecule has 98 valence electrons. The molecule has 0 spiro atoms. The van der Waals surface area contributed by atoms with E-state index in [-0.39, 0.29) is 5.91 Å². The van der Waals surface area contributed by atoms with E-state index in [1.807, 2.05) is 0 Å². The van der Waals surface area contributed by atoms with Crippen LogP contribution in [0.15, 0.2) is 18.2 Å². The monoisotopic (exact) mass is 268 g/mol. The topological polar surface area (TPSA) is 64.4 Å². The molecule has 0 radical (unpaired) electrons. The van der Waals surface area contributed by atoms with Gasteiger partial charge >= 0.3 is 0 Å². The lowest BCUT2D eigenvalue weighted by atomic mass is 10.0. The molecular weight excluding hydrogens is 252 g/mol. The van der Waals surface area contributed by atoms with Crippen LogP contribution in [0.4, 0.5) is 5.69 Å². The third-order valence-electron chi connectivity index (χ3n) is 3.10. The van der Waals surface area contributed by atoms with Gasteiger partial charge in [-0.3, -0.25) is 4.79 Å². The van der Waals surface area contributed by atoms with Gasteiger partial charge in [-0.25, -0.2) is 0 Å². The SMILES string of the molecule is Nc1c(Cl)cccc1C(=O)NCC1CCCOC1. The Morgan fingerprint density at radius 1 is 1.56 bits per heavy atom. The van der Waals surface area contributed by atoms with E-state index in [4.69, 9.17) is 22.1 Å². The Labute approximate surface area is 111 Å². The number of carbonyl (C=O) groups is 1. The second kappa shape index (κ2) is 6.07. The summed E-state index contributed by atoms with van der Waals surface area (Å²) >= 11 is 5.88. The Hall–Kier alpha value is -1.26. The average molecular weight is 269 g/mol. The van der Waals surface area contributed by atoms with Crippen molar-refractivity contribution in [1.82, 2.24) is 5.32 Å². The zero-order chi connectivity index (χ0) is 13.0. The fourth-order valence-electron chi connectivity index (χ4n) is 2.04. The van der Waals surface area contributed by atoms with Gasteiger partial charge < -0.3 is 15.8 Å². The summed E-state index contributed by atoms with van der Waals surface area (Å²) in [4.78, 5) is 12.0. The number of benzene rings is 1. The van der Waals surface area contributed by atoms with E-state index >= 15 is 0 Å². The summed E-state index contributed by atoms with van der Waals surface area (Å²) in [6.45, 7) is 2.15. The Balaban J connectivity index is 1.93. The minimum atomic E-state index is -0.180. The smallest absolute Gasteiger partial charge is 0.253 e. The van der Waals surface area contributed by atoms with E-state index in [0.29, 0.717) is 35.3 Å². The van der Waals surface area contributed by atoms with E-state index in [2.05, 4.69) is 5.32 Å². The molecular formula is C13H17ClN2O2. The summed E-state index contributed by atoms with van der Waals surface area (Å²) in [5, 5.41) is 3.29. The summed E-state index contributed by atoms with van der Waals surface area (Å²) in [7, 11) is 0. The number of ether oxygens (including phenoxy) is 1. The second-order valence-electron chi connectivity index (χ2n) is 4.49. The Kier molecular flexibility index (Phi) is 4.44. The highest BCUT2D eigenvalue weighted by Gasteiger charge is 2.16. The molecule has 0 bridgehead atoms. The summed E-state index contributed by atoms with van der Waals surface area (Å²) < 4.78 is 5.37. The lowest BCUT2D eigenvalue weighted by Gasteiger charge is -2.22. The van der Waals surface area contributed by atoms with E-state index < -0.39 is 0 Å². The number of anilines is 1. The molecule has 0 saturated carbocycles. The minimum Gasteiger partial charge on any atom is -0.397 e. The molecule has 18 heavy (non-hydrogen) atoms. The first kappa shape index (κ1) is 13.2. The second-order valence-corrected chi connectivity index (χ2v) is 4.90. The number of carbonyl (C=O) groups excluding carboxylic acids is 1. The van der Waals surface area contributed by atoms with Crippen molar-refractivity contribution in [2.45, 2.75) is 12.8 Å². The van der Waals surface area contributed by atoms with Crippen LogP contribution in [0.2, 0.25) is 5.02 Å². The third kappa shape index (κ3) is 3.15. The van der Waals surface area contributed by atoms with Gasteiger partial charge in [0.1, 0.15) is 0 Å². The van der Waals surface area contributed by atoms with Gasteiger partial charge in [0, 0.05) is 13.2 Å². The molecule has 0 aliphatic carbocycles. The Bertz CT molecular complexity index is 431. The van der Waals surface area contributed by atoms with E-state index in [1.165, 1.54) is 0 Å². The predicted octanol–water partition coefficient (Wildman–Crippen LogP) is 2.08. The quantitative estimate of drug-likeness (QED) is 0.825. The van der Waals surface area contributed by atoms with Gasteiger partial charge in [0.25, 0.3) is 5.91 Å². The van der Waals surface area contributed by atoms with Crippen molar-refractivity contribution in [3.05, 3.63) is 28.8 Å². The number of hydrogen-bond acceptors (Lipinski definition) is 3. The summed E-state index contributed by atoms with van der Waals surface area (Å²) in [5.41, 5.74) is 6.53. The van der Waals surface area contributed by atoms with Gasteiger partial charge in [-0.2, -0.15) is 0 Å². The number of rotatable bonds is 3. The molecule has 0 aromatic heterocycles. The highest BCUT2D eigenvalue weighted by molar-refractivity contribution is 6.33. The van der Waals surface area contributed by atoms with E-state index in [9.17, 15) is 4.79 Å². The molecule has 1 saturated heterocycles. The van der Waals surface area contributed by atoms with Crippen LogP contribution in [0.3, 0.4) is 0 Å². The van der Waals surface area contributed by atoms with E-state index in [1.54, 1.807) is 18.2 Å². The van der Waals surface area contributed by atoms with Crippen LogP contribution in [-0.4, -0.2) is 25.7 Å². The lowest BCUT2D eigenvalue weighted by molar-refractivity contribution is 0.0536. The fourth-order valence-corrected chi connectivity index (χ4v) is 2.21. The first-order valence-electron chi connectivity index (χ1n) is 6.08. The van der Waals surface area contributed by atoms with Gasteiger partial charge in [0.2, 0.25) is 0 Å².